The lowest BCUT2D eigenvalue weighted by atomic mass is 9.81. The number of rotatable bonds is 1. The van der Waals surface area contributed by atoms with Crippen LogP contribution in [0.4, 0.5) is 0 Å². The summed E-state index contributed by atoms with van der Waals surface area (Å²) < 4.78 is 13.0. The molecule has 3 saturated heterocycles. The molecule has 3 heterocycles. The predicted molar refractivity (Wildman–Crippen MR) is 90.9 cm³/mol. The lowest BCUT2D eigenvalue weighted by molar-refractivity contribution is -0.155. The summed E-state index contributed by atoms with van der Waals surface area (Å²) in [6.07, 6.45) is 5.02. The van der Waals surface area contributed by atoms with Gasteiger partial charge in [0.25, 0.3) is 0 Å². The molecule has 0 radical (unpaired) electrons. The van der Waals surface area contributed by atoms with E-state index in [-0.39, 0.29) is 60.4 Å². The summed E-state index contributed by atoms with van der Waals surface area (Å²) >= 11 is 0. The number of carbonyl (C=O) groups excluding carboxylic acids is 6. The van der Waals surface area contributed by atoms with Gasteiger partial charge in [-0.15, -0.1) is 0 Å². The summed E-state index contributed by atoms with van der Waals surface area (Å²) in [5.41, 5.74) is 0. The van der Waals surface area contributed by atoms with Gasteiger partial charge in [-0.25, -0.2) is 0 Å². The Morgan fingerprint density at radius 3 is 1.50 bits per heavy atom. The van der Waals surface area contributed by atoms with Crippen molar-refractivity contribution in [2.75, 3.05) is 0 Å². The maximum absolute atomic E-state index is 11.0. The Morgan fingerprint density at radius 1 is 0.714 bits per heavy atom. The van der Waals surface area contributed by atoms with E-state index in [0.717, 1.165) is 25.7 Å². The zero-order valence-corrected chi connectivity index (χ0v) is 15.9. The van der Waals surface area contributed by atoms with E-state index in [1.54, 1.807) is 6.92 Å². The van der Waals surface area contributed by atoms with Crippen molar-refractivity contribution in [3.8, 4) is 0 Å². The van der Waals surface area contributed by atoms with Crippen LogP contribution in [0.25, 0.3) is 0 Å². The summed E-state index contributed by atoms with van der Waals surface area (Å²) in [5, 5.41) is 0. The molecule has 0 N–H and O–H groups in total. The molecule has 4 atom stereocenters. The van der Waals surface area contributed by atoms with Gasteiger partial charge in [0.05, 0.1) is 36.5 Å². The number of esters is 6. The number of carbonyl (C=O) groups is 6. The van der Waals surface area contributed by atoms with Crippen LogP contribution in [0.3, 0.4) is 0 Å². The molecule has 3 aliphatic heterocycles. The summed E-state index contributed by atoms with van der Waals surface area (Å²) in [6, 6.07) is 0. The van der Waals surface area contributed by atoms with Crippen molar-refractivity contribution in [1.82, 2.24) is 0 Å². The second-order valence-corrected chi connectivity index (χ2v) is 7.24. The van der Waals surface area contributed by atoms with Crippen molar-refractivity contribution >= 4 is 35.8 Å². The van der Waals surface area contributed by atoms with Crippen molar-refractivity contribution in [3.63, 3.8) is 0 Å². The Balaban J connectivity index is 0.000000153. The van der Waals surface area contributed by atoms with Crippen LogP contribution < -0.4 is 0 Å². The predicted octanol–water partition coefficient (Wildman–Crippen LogP) is 1.46. The number of ether oxygens (including phenoxy) is 3. The minimum Gasteiger partial charge on any atom is -0.393 e. The molecule has 9 nitrogen and oxygen atoms in total. The number of cyclic esters (lactones) is 6. The number of hydrogen-bond acceptors (Lipinski definition) is 9. The van der Waals surface area contributed by atoms with E-state index in [0.29, 0.717) is 6.42 Å². The molecule has 9 heteroatoms. The molecule has 1 aliphatic carbocycles. The van der Waals surface area contributed by atoms with Gasteiger partial charge in [0, 0.05) is 0 Å². The molecular weight excluding hydrogens is 372 g/mol. The normalized spacial score (nSPS) is 31.1. The number of fused-ring (bicyclic) bond motifs is 1. The molecule has 4 unspecified atom stereocenters. The average molecular weight is 396 g/mol. The zero-order valence-electron chi connectivity index (χ0n) is 15.9. The Bertz CT molecular complexity index is 659. The highest BCUT2D eigenvalue weighted by Gasteiger charge is 2.44. The summed E-state index contributed by atoms with van der Waals surface area (Å²) in [4.78, 5) is 63.5. The lowest BCUT2D eigenvalue weighted by Crippen LogP contribution is -2.21. The summed E-state index contributed by atoms with van der Waals surface area (Å²) in [7, 11) is 0. The average Bonchev–Trinajstić information content (AvgIpc) is 3.24. The quantitative estimate of drug-likeness (QED) is 0.367. The van der Waals surface area contributed by atoms with Crippen LogP contribution in [-0.4, -0.2) is 35.8 Å². The van der Waals surface area contributed by atoms with Gasteiger partial charge in [0.15, 0.2) is 0 Å². The second-order valence-electron chi connectivity index (χ2n) is 7.24. The van der Waals surface area contributed by atoms with E-state index in [9.17, 15) is 28.8 Å². The molecule has 28 heavy (non-hydrogen) atoms. The smallest absolute Gasteiger partial charge is 0.317 e. The Labute approximate surface area is 162 Å². The molecule has 4 rings (SSSR count). The molecule has 154 valence electrons. The SMILES string of the molecule is CC1CC(=O)OC1=O.CCC1CC(=O)OC1=O.O=C1OC(=O)C2CCCCC12. The highest BCUT2D eigenvalue weighted by Crippen LogP contribution is 2.36. The molecule has 0 aromatic heterocycles. The van der Waals surface area contributed by atoms with Gasteiger partial charge in [0.1, 0.15) is 0 Å². The fraction of sp³-hybridized carbons (Fsp3) is 0.684. The number of hydrogen-bond donors (Lipinski definition) is 0. The summed E-state index contributed by atoms with van der Waals surface area (Å²) in [5.74, 6) is -2.71. The molecule has 4 aliphatic rings. The third kappa shape index (κ3) is 5.46. The van der Waals surface area contributed by atoms with Crippen LogP contribution in [0.1, 0.15) is 58.8 Å². The largest absolute Gasteiger partial charge is 0.393 e. The van der Waals surface area contributed by atoms with E-state index < -0.39 is 11.9 Å². The van der Waals surface area contributed by atoms with Crippen molar-refractivity contribution in [3.05, 3.63) is 0 Å². The maximum Gasteiger partial charge on any atom is 0.317 e. The van der Waals surface area contributed by atoms with Gasteiger partial charge >= 0.3 is 35.8 Å². The molecule has 0 spiro atoms. The molecule has 0 aromatic rings. The minimum atomic E-state index is -0.400. The Morgan fingerprint density at radius 2 is 1.21 bits per heavy atom. The van der Waals surface area contributed by atoms with E-state index in [1.807, 2.05) is 6.92 Å². The second kappa shape index (κ2) is 9.57. The fourth-order valence-electron chi connectivity index (χ4n) is 3.37. The standard InChI is InChI=1S/C8H10O3.C6H8O3.C5H6O3/c9-7-5-3-1-2-4-6(5)8(10)11-7;1-2-4-3-5(7)9-6(4)8;1-3-2-4(6)8-5(3)7/h5-6H,1-4H2;4H,2-3H2,1H3;3H,2H2,1H3. The molecule has 4 fully saturated rings. The first-order valence-corrected chi connectivity index (χ1v) is 9.47. The third-order valence-electron chi connectivity index (χ3n) is 5.12. The highest BCUT2D eigenvalue weighted by atomic mass is 16.6. The van der Waals surface area contributed by atoms with Gasteiger partial charge in [-0.1, -0.05) is 26.7 Å². The van der Waals surface area contributed by atoms with Crippen molar-refractivity contribution < 1.29 is 43.0 Å². The van der Waals surface area contributed by atoms with Gasteiger partial charge in [-0.3, -0.25) is 28.8 Å². The maximum atomic E-state index is 11.0. The van der Waals surface area contributed by atoms with Gasteiger partial charge in [-0.05, 0) is 19.3 Å². The van der Waals surface area contributed by atoms with Crippen LogP contribution >= 0.6 is 0 Å². The fourth-order valence-corrected chi connectivity index (χ4v) is 3.37. The van der Waals surface area contributed by atoms with Crippen molar-refractivity contribution in [2.45, 2.75) is 58.8 Å². The van der Waals surface area contributed by atoms with Crippen LogP contribution in [0.15, 0.2) is 0 Å². The van der Waals surface area contributed by atoms with Crippen LogP contribution in [-0.2, 0) is 43.0 Å². The first-order valence-electron chi connectivity index (χ1n) is 9.47. The third-order valence-corrected chi connectivity index (χ3v) is 5.12. The van der Waals surface area contributed by atoms with Crippen molar-refractivity contribution in [2.24, 2.45) is 23.7 Å². The van der Waals surface area contributed by atoms with Gasteiger partial charge in [-0.2, -0.15) is 0 Å². The van der Waals surface area contributed by atoms with Crippen LogP contribution in [0.2, 0.25) is 0 Å². The topological polar surface area (TPSA) is 130 Å². The van der Waals surface area contributed by atoms with Crippen LogP contribution in [0.5, 0.6) is 0 Å². The zero-order chi connectivity index (χ0) is 20.8. The Hall–Kier alpha value is -2.58. The van der Waals surface area contributed by atoms with Crippen molar-refractivity contribution in [1.29, 1.82) is 0 Å². The molecule has 1 saturated carbocycles. The first kappa shape index (κ1) is 21.7. The molecular formula is C19H24O9. The molecule has 0 bridgehead atoms. The molecule has 0 aromatic carbocycles. The highest BCUT2D eigenvalue weighted by molar-refractivity contribution is 5.96. The monoisotopic (exact) mass is 396 g/mol. The van der Waals surface area contributed by atoms with E-state index in [2.05, 4.69) is 14.2 Å². The summed E-state index contributed by atoms with van der Waals surface area (Å²) in [6.45, 7) is 3.54. The van der Waals surface area contributed by atoms with Gasteiger partial charge < -0.3 is 14.2 Å². The lowest BCUT2D eigenvalue weighted by Gasteiger charge is -2.18. The Kier molecular flexibility index (Phi) is 7.42. The minimum absolute atomic E-state index is 0.101. The van der Waals surface area contributed by atoms with E-state index in [1.165, 1.54) is 0 Å². The molecule has 0 amide bonds. The van der Waals surface area contributed by atoms with Gasteiger partial charge in [0.2, 0.25) is 0 Å². The van der Waals surface area contributed by atoms with Crippen LogP contribution in [0, 0.1) is 23.7 Å². The van der Waals surface area contributed by atoms with E-state index >= 15 is 0 Å². The first-order chi connectivity index (χ1) is 13.2. The van der Waals surface area contributed by atoms with E-state index in [4.69, 9.17) is 0 Å².